The van der Waals surface area contributed by atoms with E-state index in [2.05, 4.69) is 11.7 Å². The lowest BCUT2D eigenvalue weighted by atomic mass is 10.4. The quantitative estimate of drug-likeness (QED) is 0.336. The van der Waals surface area contributed by atoms with Crippen LogP contribution in [-0.2, 0) is 4.74 Å². The van der Waals surface area contributed by atoms with E-state index >= 15 is 0 Å². The molecule has 68 valence electrons. The first-order chi connectivity index (χ1) is 5.74. The predicted molar refractivity (Wildman–Crippen MR) is 43.4 cm³/mol. The molecule has 12 heavy (non-hydrogen) atoms. The zero-order chi connectivity index (χ0) is 8.97. The van der Waals surface area contributed by atoms with Crippen LogP contribution in [0.3, 0.4) is 0 Å². The molecule has 0 aromatic heterocycles. The third kappa shape index (κ3) is 2.13. The minimum atomic E-state index is -0.0262. The Kier molecular flexibility index (Phi) is 2.93. The normalized spacial score (nSPS) is 22.3. The molecule has 1 saturated heterocycles. The summed E-state index contributed by atoms with van der Waals surface area (Å²) in [6, 6.07) is 0. The van der Waals surface area contributed by atoms with Crippen molar-refractivity contribution in [3.05, 3.63) is 12.5 Å². The molecule has 0 radical (unpaired) electrons. The van der Waals surface area contributed by atoms with Crippen molar-refractivity contribution < 1.29 is 15.1 Å². The van der Waals surface area contributed by atoms with Gasteiger partial charge in [0, 0.05) is 6.54 Å². The fraction of sp³-hybridized carbons (Fsp3) is 0.571. The van der Waals surface area contributed by atoms with E-state index in [0.717, 1.165) is 0 Å². The Morgan fingerprint density at radius 1 is 1.67 bits per heavy atom. The molecule has 1 aliphatic heterocycles. The fourth-order valence-electron chi connectivity index (χ4n) is 0.991. The summed E-state index contributed by atoms with van der Waals surface area (Å²) >= 11 is 0. The lowest BCUT2D eigenvalue weighted by molar-refractivity contribution is 0.144. The monoisotopic (exact) mass is 172 g/mol. The molecule has 1 fully saturated rings. The number of oxime groups is 1. The molecule has 0 unspecified atom stereocenters. The zero-order valence-corrected chi connectivity index (χ0v) is 6.73. The topological polar surface area (TPSA) is 65.3 Å². The van der Waals surface area contributed by atoms with Crippen LogP contribution >= 0.6 is 0 Å². The number of aliphatic hydroxyl groups is 1. The van der Waals surface area contributed by atoms with E-state index in [1.54, 1.807) is 4.90 Å². The summed E-state index contributed by atoms with van der Waals surface area (Å²) in [6.07, 6.45) is 0. The number of aliphatic hydroxyl groups excluding tert-OH is 1. The number of hydrogen-bond acceptors (Lipinski definition) is 5. The van der Waals surface area contributed by atoms with Gasteiger partial charge in [-0.3, -0.25) is 0 Å². The van der Waals surface area contributed by atoms with Crippen LogP contribution in [0, 0.1) is 0 Å². The van der Waals surface area contributed by atoms with Gasteiger partial charge in [0.15, 0.2) is 5.88 Å². The molecule has 0 aromatic carbocycles. The maximum absolute atomic E-state index is 9.05. The van der Waals surface area contributed by atoms with Gasteiger partial charge in [-0.15, -0.1) is 0 Å². The van der Waals surface area contributed by atoms with E-state index in [-0.39, 0.29) is 5.88 Å². The Balaban J connectivity index is 2.59. The van der Waals surface area contributed by atoms with Gasteiger partial charge in [-0.2, -0.15) is 0 Å². The molecule has 5 heteroatoms. The molecule has 0 saturated carbocycles. The average Bonchev–Trinajstić information content (AvgIpc) is 2.28. The molecule has 0 spiro atoms. The van der Waals surface area contributed by atoms with Crippen LogP contribution in [0.4, 0.5) is 0 Å². The van der Waals surface area contributed by atoms with Crippen LogP contribution in [0.15, 0.2) is 17.6 Å². The summed E-state index contributed by atoms with van der Waals surface area (Å²) < 4.78 is 5.09. The molecular weight excluding hydrogens is 160 g/mol. The fourth-order valence-corrected chi connectivity index (χ4v) is 0.991. The number of nitrogens with zero attached hydrogens (tertiary/aromatic N) is 2. The molecule has 0 bridgehead atoms. The van der Waals surface area contributed by atoms with Crippen molar-refractivity contribution in [3.8, 4) is 0 Å². The maximum atomic E-state index is 9.05. The highest BCUT2D eigenvalue weighted by molar-refractivity contribution is 5.87. The van der Waals surface area contributed by atoms with Crippen LogP contribution in [0.2, 0.25) is 0 Å². The van der Waals surface area contributed by atoms with Gasteiger partial charge in [-0.1, -0.05) is 5.16 Å². The van der Waals surface area contributed by atoms with Gasteiger partial charge in [0.1, 0.15) is 5.71 Å². The van der Waals surface area contributed by atoms with E-state index in [9.17, 15) is 0 Å². The third-order valence-corrected chi connectivity index (χ3v) is 1.65. The minimum Gasteiger partial charge on any atom is -0.495 e. The van der Waals surface area contributed by atoms with Crippen molar-refractivity contribution in [2.45, 2.75) is 0 Å². The summed E-state index contributed by atoms with van der Waals surface area (Å²) in [7, 11) is 0. The van der Waals surface area contributed by atoms with Gasteiger partial charge in [-0.25, -0.2) is 0 Å². The van der Waals surface area contributed by atoms with E-state index in [1.807, 2.05) is 0 Å². The van der Waals surface area contributed by atoms with Crippen molar-refractivity contribution in [3.63, 3.8) is 0 Å². The van der Waals surface area contributed by atoms with Gasteiger partial charge in [0.2, 0.25) is 0 Å². The van der Waals surface area contributed by atoms with E-state index in [1.165, 1.54) is 0 Å². The maximum Gasteiger partial charge on any atom is 0.179 e. The summed E-state index contributed by atoms with van der Waals surface area (Å²) in [6.45, 7) is 5.11. The highest BCUT2D eigenvalue weighted by Crippen LogP contribution is 2.02. The van der Waals surface area contributed by atoms with Gasteiger partial charge >= 0.3 is 0 Å². The van der Waals surface area contributed by atoms with Gasteiger partial charge < -0.3 is 20.0 Å². The van der Waals surface area contributed by atoms with Crippen molar-refractivity contribution in [1.29, 1.82) is 0 Å². The van der Waals surface area contributed by atoms with E-state index < -0.39 is 0 Å². The van der Waals surface area contributed by atoms with Gasteiger partial charge in [-0.05, 0) is 6.58 Å². The lowest BCUT2D eigenvalue weighted by Gasteiger charge is -2.18. The zero-order valence-electron chi connectivity index (χ0n) is 6.73. The molecule has 0 aromatic rings. The third-order valence-electron chi connectivity index (χ3n) is 1.65. The first-order valence-electron chi connectivity index (χ1n) is 3.64. The Bertz CT molecular complexity index is 203. The van der Waals surface area contributed by atoms with Crippen LogP contribution in [0.25, 0.3) is 0 Å². The number of hydrogen-bond donors (Lipinski definition) is 2. The summed E-state index contributed by atoms with van der Waals surface area (Å²) in [4.78, 5) is 1.59. The number of ether oxygens (including phenoxy) is 1. The van der Waals surface area contributed by atoms with Crippen LogP contribution in [0.5, 0.6) is 0 Å². The van der Waals surface area contributed by atoms with Crippen molar-refractivity contribution in [2.24, 2.45) is 5.16 Å². The van der Waals surface area contributed by atoms with Gasteiger partial charge in [0.25, 0.3) is 0 Å². The van der Waals surface area contributed by atoms with Crippen LogP contribution < -0.4 is 0 Å². The second-order valence-electron chi connectivity index (χ2n) is 2.56. The molecule has 5 nitrogen and oxygen atoms in total. The van der Waals surface area contributed by atoms with E-state index in [0.29, 0.717) is 32.0 Å². The molecule has 1 heterocycles. The first kappa shape index (κ1) is 8.86. The Hall–Kier alpha value is -1.23. The Labute approximate surface area is 70.5 Å². The molecular formula is C7H12N2O3. The lowest BCUT2D eigenvalue weighted by Crippen LogP contribution is -2.29. The van der Waals surface area contributed by atoms with Crippen LogP contribution in [-0.4, -0.2) is 47.2 Å². The van der Waals surface area contributed by atoms with E-state index in [4.69, 9.17) is 15.1 Å². The molecule has 2 N–H and O–H groups in total. The average molecular weight is 172 g/mol. The van der Waals surface area contributed by atoms with Crippen molar-refractivity contribution >= 4 is 5.71 Å². The highest BCUT2D eigenvalue weighted by atomic mass is 16.5. The second kappa shape index (κ2) is 3.96. The molecule has 0 amide bonds. The minimum absolute atomic E-state index is 0.0262. The molecule has 1 aliphatic rings. The predicted octanol–water partition coefficient (Wildman–Crippen LogP) is 0.178. The Morgan fingerprint density at radius 2 is 2.42 bits per heavy atom. The molecule has 1 rings (SSSR count). The summed E-state index contributed by atoms with van der Waals surface area (Å²) in [5, 5.41) is 20.6. The van der Waals surface area contributed by atoms with Crippen molar-refractivity contribution in [1.82, 2.24) is 4.90 Å². The summed E-state index contributed by atoms with van der Waals surface area (Å²) in [5.74, 6) is -0.0262. The SMILES string of the molecule is C=C(O)N1CCOC/C(=N\O)C1. The smallest absolute Gasteiger partial charge is 0.179 e. The highest BCUT2D eigenvalue weighted by Gasteiger charge is 2.14. The first-order valence-corrected chi connectivity index (χ1v) is 3.64. The molecule has 0 atom stereocenters. The summed E-state index contributed by atoms with van der Waals surface area (Å²) in [5.41, 5.74) is 0.489. The Morgan fingerprint density at radius 3 is 3.00 bits per heavy atom. The van der Waals surface area contributed by atoms with Crippen LogP contribution in [0.1, 0.15) is 0 Å². The second-order valence-corrected chi connectivity index (χ2v) is 2.56. The van der Waals surface area contributed by atoms with Gasteiger partial charge in [0.05, 0.1) is 19.8 Å². The largest absolute Gasteiger partial charge is 0.495 e. The van der Waals surface area contributed by atoms with Crippen molar-refractivity contribution in [2.75, 3.05) is 26.3 Å². The molecule has 0 aliphatic carbocycles. The number of rotatable bonds is 1. The standard InChI is InChI=1S/C7H12N2O3/c1-6(10)9-2-3-12-5-7(4-9)8-11/h10-11H,1-5H2/b8-7-.